The molecule has 3 N–H and O–H groups in total. The van der Waals surface area contributed by atoms with E-state index in [-0.39, 0.29) is 23.0 Å². The standard InChI is InChI=1S/C16H22N2O4S/c1-2-10-17-23(21,22)13-8-9-15(14(11-13)16(19)20)18-12-6-4-3-5-7-12/h2,8-9,11-12,17-18H,1,3-7,10H2,(H,19,20). The van der Waals surface area contributed by atoms with Crippen molar-refractivity contribution in [2.75, 3.05) is 11.9 Å². The molecule has 0 bridgehead atoms. The number of nitrogens with one attached hydrogen (secondary N) is 2. The van der Waals surface area contributed by atoms with Gasteiger partial charge in [-0.05, 0) is 31.0 Å². The van der Waals surface area contributed by atoms with Crippen molar-refractivity contribution in [3.8, 4) is 0 Å². The lowest BCUT2D eigenvalue weighted by molar-refractivity contribution is 0.0697. The second kappa shape index (κ2) is 7.61. The van der Waals surface area contributed by atoms with E-state index in [1.54, 1.807) is 0 Å². The lowest BCUT2D eigenvalue weighted by Gasteiger charge is -2.24. The minimum atomic E-state index is -3.74. The summed E-state index contributed by atoms with van der Waals surface area (Å²) >= 11 is 0. The number of hydrogen-bond donors (Lipinski definition) is 3. The SMILES string of the molecule is C=CCNS(=O)(=O)c1ccc(NC2CCCCC2)c(C(=O)O)c1. The van der Waals surface area contributed by atoms with Crippen molar-refractivity contribution in [3.05, 3.63) is 36.4 Å². The van der Waals surface area contributed by atoms with Gasteiger partial charge >= 0.3 is 5.97 Å². The first kappa shape index (κ1) is 17.5. The van der Waals surface area contributed by atoms with Gasteiger partial charge in [-0.3, -0.25) is 0 Å². The predicted octanol–water partition coefficient (Wildman–Crippen LogP) is 2.59. The molecule has 7 heteroatoms. The molecule has 0 heterocycles. The quantitative estimate of drug-likeness (QED) is 0.664. The Bertz CT molecular complexity index is 679. The second-order valence-corrected chi connectivity index (χ2v) is 7.40. The van der Waals surface area contributed by atoms with E-state index in [2.05, 4.69) is 16.6 Å². The third-order valence-corrected chi connectivity index (χ3v) is 5.34. The van der Waals surface area contributed by atoms with E-state index >= 15 is 0 Å². The first-order chi connectivity index (χ1) is 10.9. The van der Waals surface area contributed by atoms with Crippen molar-refractivity contribution in [1.29, 1.82) is 0 Å². The lowest BCUT2D eigenvalue weighted by atomic mass is 9.95. The Kier molecular flexibility index (Phi) is 5.79. The van der Waals surface area contributed by atoms with Gasteiger partial charge < -0.3 is 10.4 Å². The largest absolute Gasteiger partial charge is 0.478 e. The molecule has 0 spiro atoms. The Morgan fingerprint density at radius 1 is 1.30 bits per heavy atom. The fraction of sp³-hybridized carbons (Fsp3) is 0.438. The van der Waals surface area contributed by atoms with E-state index < -0.39 is 16.0 Å². The van der Waals surface area contributed by atoms with Crippen LogP contribution in [-0.4, -0.2) is 32.1 Å². The molecule has 2 rings (SSSR count). The van der Waals surface area contributed by atoms with Crippen LogP contribution in [-0.2, 0) is 10.0 Å². The van der Waals surface area contributed by atoms with E-state index in [0.29, 0.717) is 5.69 Å². The Morgan fingerprint density at radius 3 is 2.61 bits per heavy atom. The zero-order valence-corrected chi connectivity index (χ0v) is 13.7. The first-order valence-corrected chi connectivity index (χ1v) is 9.17. The molecule has 1 aliphatic rings. The van der Waals surface area contributed by atoms with Gasteiger partial charge in [0.25, 0.3) is 0 Å². The van der Waals surface area contributed by atoms with Gasteiger partial charge in [0.15, 0.2) is 0 Å². The molecular weight excluding hydrogens is 316 g/mol. The summed E-state index contributed by atoms with van der Waals surface area (Å²) in [6, 6.07) is 4.38. The lowest BCUT2D eigenvalue weighted by Crippen LogP contribution is -2.25. The van der Waals surface area contributed by atoms with Crippen LogP contribution >= 0.6 is 0 Å². The summed E-state index contributed by atoms with van der Waals surface area (Å²) in [4.78, 5) is 11.4. The van der Waals surface area contributed by atoms with Crippen LogP contribution in [0.1, 0.15) is 42.5 Å². The zero-order valence-electron chi connectivity index (χ0n) is 12.9. The van der Waals surface area contributed by atoms with Gasteiger partial charge in [0.2, 0.25) is 10.0 Å². The highest BCUT2D eigenvalue weighted by Gasteiger charge is 2.20. The molecule has 1 aromatic rings. The number of benzene rings is 1. The number of sulfonamides is 1. The molecular formula is C16H22N2O4S. The molecule has 0 atom stereocenters. The first-order valence-electron chi connectivity index (χ1n) is 7.68. The molecule has 6 nitrogen and oxygen atoms in total. The van der Waals surface area contributed by atoms with Gasteiger partial charge in [-0.15, -0.1) is 6.58 Å². The molecule has 23 heavy (non-hydrogen) atoms. The number of aromatic carboxylic acids is 1. The number of anilines is 1. The summed E-state index contributed by atoms with van der Waals surface area (Å²) in [5.74, 6) is -1.15. The average Bonchev–Trinajstić information content (AvgIpc) is 2.54. The molecule has 0 aliphatic heterocycles. The number of rotatable bonds is 7. The van der Waals surface area contributed by atoms with Crippen molar-refractivity contribution in [2.45, 2.75) is 43.0 Å². The normalized spacial score (nSPS) is 16.0. The van der Waals surface area contributed by atoms with Crippen molar-refractivity contribution in [2.24, 2.45) is 0 Å². The van der Waals surface area contributed by atoms with E-state index in [1.807, 2.05) is 0 Å². The minimum Gasteiger partial charge on any atom is -0.478 e. The summed E-state index contributed by atoms with van der Waals surface area (Å²) in [5.41, 5.74) is 0.434. The highest BCUT2D eigenvalue weighted by molar-refractivity contribution is 7.89. The topological polar surface area (TPSA) is 95.5 Å². The van der Waals surface area contributed by atoms with Gasteiger partial charge in [0, 0.05) is 18.3 Å². The van der Waals surface area contributed by atoms with Crippen molar-refractivity contribution in [1.82, 2.24) is 4.72 Å². The number of carboxylic acids is 1. The molecule has 0 aromatic heterocycles. The molecule has 1 fully saturated rings. The van der Waals surface area contributed by atoms with Crippen LogP contribution in [0.3, 0.4) is 0 Å². The molecule has 0 radical (unpaired) electrons. The van der Waals surface area contributed by atoms with Crippen LogP contribution in [0, 0.1) is 0 Å². The zero-order chi connectivity index (χ0) is 16.9. The monoisotopic (exact) mass is 338 g/mol. The maximum Gasteiger partial charge on any atom is 0.337 e. The van der Waals surface area contributed by atoms with E-state index in [1.165, 1.54) is 30.7 Å². The third kappa shape index (κ3) is 4.56. The van der Waals surface area contributed by atoms with Crippen molar-refractivity contribution in [3.63, 3.8) is 0 Å². The summed E-state index contributed by atoms with van der Waals surface area (Å²) < 4.78 is 26.5. The average molecular weight is 338 g/mol. The van der Waals surface area contributed by atoms with Crippen LogP contribution in [0.25, 0.3) is 0 Å². The van der Waals surface area contributed by atoms with Crippen LogP contribution in [0.4, 0.5) is 5.69 Å². The third-order valence-electron chi connectivity index (χ3n) is 3.91. The maximum atomic E-state index is 12.1. The van der Waals surface area contributed by atoms with Crippen LogP contribution in [0.2, 0.25) is 0 Å². The summed E-state index contributed by atoms with van der Waals surface area (Å²) in [6.07, 6.45) is 6.88. The summed E-state index contributed by atoms with van der Waals surface area (Å²) in [6.45, 7) is 3.54. The molecule has 0 amide bonds. The van der Waals surface area contributed by atoms with E-state index in [4.69, 9.17) is 0 Å². The molecule has 1 saturated carbocycles. The van der Waals surface area contributed by atoms with Gasteiger partial charge in [0.05, 0.1) is 10.5 Å². The summed E-state index contributed by atoms with van der Waals surface area (Å²) in [5, 5.41) is 12.6. The Labute approximate surface area is 136 Å². The molecule has 126 valence electrons. The minimum absolute atomic E-state index is 0.0305. The molecule has 0 unspecified atom stereocenters. The fourth-order valence-corrected chi connectivity index (χ4v) is 3.74. The maximum absolute atomic E-state index is 12.1. The predicted molar refractivity (Wildman–Crippen MR) is 89.3 cm³/mol. The second-order valence-electron chi connectivity index (χ2n) is 5.63. The molecule has 0 saturated heterocycles. The van der Waals surface area contributed by atoms with Gasteiger partial charge in [0.1, 0.15) is 0 Å². The Hall–Kier alpha value is -1.86. The van der Waals surface area contributed by atoms with E-state index in [0.717, 1.165) is 25.7 Å². The Balaban J connectivity index is 2.27. The number of carbonyl (C=O) groups is 1. The number of hydrogen-bond acceptors (Lipinski definition) is 4. The summed E-state index contributed by atoms with van der Waals surface area (Å²) in [7, 11) is -3.74. The Morgan fingerprint density at radius 2 is 2.00 bits per heavy atom. The van der Waals surface area contributed by atoms with Gasteiger partial charge in [-0.2, -0.15) is 0 Å². The highest BCUT2D eigenvalue weighted by Crippen LogP contribution is 2.26. The smallest absolute Gasteiger partial charge is 0.337 e. The van der Waals surface area contributed by atoms with Crippen molar-refractivity contribution < 1.29 is 18.3 Å². The highest BCUT2D eigenvalue weighted by atomic mass is 32.2. The van der Waals surface area contributed by atoms with Gasteiger partial charge in [-0.1, -0.05) is 25.3 Å². The fourth-order valence-electron chi connectivity index (χ4n) is 2.71. The molecule has 1 aliphatic carbocycles. The number of carboxylic acid groups (broad SMARTS) is 1. The van der Waals surface area contributed by atoms with Crippen LogP contribution in [0.15, 0.2) is 35.7 Å². The molecule has 1 aromatic carbocycles. The van der Waals surface area contributed by atoms with E-state index in [9.17, 15) is 18.3 Å². The van der Waals surface area contributed by atoms with Crippen molar-refractivity contribution >= 4 is 21.7 Å². The van der Waals surface area contributed by atoms with Gasteiger partial charge in [-0.25, -0.2) is 17.9 Å². The van der Waals surface area contributed by atoms with Crippen LogP contribution in [0.5, 0.6) is 0 Å². The van der Waals surface area contributed by atoms with Crippen LogP contribution < -0.4 is 10.0 Å².